The molecule has 1 saturated carbocycles. The number of rotatable bonds is 9. The van der Waals surface area contributed by atoms with Gasteiger partial charge in [-0.15, -0.1) is 0 Å². The van der Waals surface area contributed by atoms with E-state index in [1.165, 1.54) is 0 Å². The van der Waals surface area contributed by atoms with Crippen LogP contribution in [0.3, 0.4) is 0 Å². The Kier molecular flexibility index (Phi) is 6.44. The minimum Gasteiger partial charge on any atom is -0.481 e. The number of hydrogen-bond acceptors (Lipinski definition) is 7. The van der Waals surface area contributed by atoms with E-state index < -0.39 is 5.97 Å². The van der Waals surface area contributed by atoms with E-state index in [0.717, 1.165) is 50.0 Å². The van der Waals surface area contributed by atoms with Crippen molar-refractivity contribution in [2.45, 2.75) is 38.0 Å². The maximum atomic E-state index is 11.2. The highest BCUT2D eigenvalue weighted by atomic mass is 16.5. The van der Waals surface area contributed by atoms with Crippen LogP contribution in [0.2, 0.25) is 0 Å². The second kappa shape index (κ2) is 9.41. The fourth-order valence-corrected chi connectivity index (χ4v) is 4.34. The Balaban J connectivity index is 1.31. The number of hydrogen-bond donors (Lipinski definition) is 2. The Labute approximate surface area is 182 Å². The molecule has 1 atom stereocenters. The van der Waals surface area contributed by atoms with Crippen LogP contribution in [0, 0.1) is 11.8 Å². The topological polar surface area (TPSA) is 111 Å². The minimum atomic E-state index is -0.754. The number of carboxylic acid groups (broad SMARTS) is 1. The smallest absolute Gasteiger partial charge is 0.303 e. The van der Waals surface area contributed by atoms with Gasteiger partial charge in [-0.1, -0.05) is 0 Å². The first-order chi connectivity index (χ1) is 15.0. The molecule has 0 spiro atoms. The minimum absolute atomic E-state index is 0.0499. The highest BCUT2D eigenvalue weighted by Crippen LogP contribution is 2.44. The van der Waals surface area contributed by atoms with Crippen LogP contribution in [0.15, 0.2) is 30.6 Å². The van der Waals surface area contributed by atoms with Gasteiger partial charge in [-0.3, -0.25) is 4.79 Å². The van der Waals surface area contributed by atoms with Gasteiger partial charge < -0.3 is 25.2 Å². The molecule has 0 radical (unpaired) electrons. The number of carboxylic acids is 1. The maximum Gasteiger partial charge on any atom is 0.303 e. The summed E-state index contributed by atoms with van der Waals surface area (Å²) >= 11 is 0. The number of methoxy groups -OCH3 is 1. The third kappa shape index (κ3) is 5.37. The van der Waals surface area contributed by atoms with E-state index in [1.807, 2.05) is 18.2 Å². The summed E-state index contributed by atoms with van der Waals surface area (Å²) in [5.74, 6) is 1.34. The third-order valence-corrected chi connectivity index (χ3v) is 6.29. The summed E-state index contributed by atoms with van der Waals surface area (Å²) in [5.41, 5.74) is 8.75. The highest BCUT2D eigenvalue weighted by Gasteiger charge is 2.34. The molecule has 2 fully saturated rings. The van der Waals surface area contributed by atoms with Crippen LogP contribution < -0.4 is 20.1 Å². The SMILES string of the molecule is COc1cc(N2CCC(COc3cc(C(CC(=O)O)C4CC4)ccn3)CC2)c(N)cn1. The van der Waals surface area contributed by atoms with E-state index in [4.69, 9.17) is 15.2 Å². The van der Waals surface area contributed by atoms with Crippen LogP contribution in [0.4, 0.5) is 11.4 Å². The van der Waals surface area contributed by atoms with Crippen molar-refractivity contribution < 1.29 is 19.4 Å². The Morgan fingerprint density at radius 2 is 2.00 bits per heavy atom. The van der Waals surface area contributed by atoms with Crippen LogP contribution >= 0.6 is 0 Å². The van der Waals surface area contributed by atoms with Crippen LogP contribution in [0.5, 0.6) is 11.8 Å². The molecule has 1 unspecified atom stereocenters. The zero-order valence-electron chi connectivity index (χ0n) is 17.9. The summed E-state index contributed by atoms with van der Waals surface area (Å²) in [6.07, 6.45) is 7.72. The van der Waals surface area contributed by atoms with E-state index in [1.54, 1.807) is 19.5 Å². The van der Waals surface area contributed by atoms with E-state index in [-0.39, 0.29) is 12.3 Å². The summed E-state index contributed by atoms with van der Waals surface area (Å²) in [6, 6.07) is 5.73. The lowest BCUT2D eigenvalue weighted by Gasteiger charge is -2.34. The predicted molar refractivity (Wildman–Crippen MR) is 118 cm³/mol. The third-order valence-electron chi connectivity index (χ3n) is 6.29. The molecule has 0 amide bonds. The first-order valence-corrected chi connectivity index (χ1v) is 10.9. The molecule has 3 heterocycles. The fourth-order valence-electron chi connectivity index (χ4n) is 4.34. The fraction of sp³-hybridized carbons (Fsp3) is 0.522. The summed E-state index contributed by atoms with van der Waals surface area (Å²) in [6.45, 7) is 2.38. The number of nitrogen functional groups attached to an aromatic ring is 1. The average Bonchev–Trinajstić information content (AvgIpc) is 3.62. The van der Waals surface area contributed by atoms with E-state index in [0.29, 0.717) is 35.9 Å². The maximum absolute atomic E-state index is 11.2. The lowest BCUT2D eigenvalue weighted by molar-refractivity contribution is -0.137. The number of anilines is 2. The van der Waals surface area contributed by atoms with Crippen molar-refractivity contribution in [1.29, 1.82) is 0 Å². The van der Waals surface area contributed by atoms with Crippen molar-refractivity contribution in [2.75, 3.05) is 37.4 Å². The van der Waals surface area contributed by atoms with Gasteiger partial charge in [0, 0.05) is 31.4 Å². The molecule has 8 heteroatoms. The number of nitrogens with two attached hydrogens (primary N) is 1. The molecule has 1 aliphatic heterocycles. The molecule has 0 bridgehead atoms. The van der Waals surface area contributed by atoms with Crippen molar-refractivity contribution >= 4 is 17.3 Å². The Bertz CT molecular complexity index is 910. The summed E-state index contributed by atoms with van der Waals surface area (Å²) in [7, 11) is 1.60. The van der Waals surface area contributed by atoms with Gasteiger partial charge in [-0.25, -0.2) is 9.97 Å². The van der Waals surface area contributed by atoms with Crippen molar-refractivity contribution in [2.24, 2.45) is 11.8 Å². The van der Waals surface area contributed by atoms with Crippen molar-refractivity contribution in [3.8, 4) is 11.8 Å². The lowest BCUT2D eigenvalue weighted by atomic mass is 9.92. The van der Waals surface area contributed by atoms with Crippen LogP contribution in [0.25, 0.3) is 0 Å². The second-order valence-electron chi connectivity index (χ2n) is 8.50. The van der Waals surface area contributed by atoms with Gasteiger partial charge in [0.1, 0.15) is 0 Å². The number of nitrogens with zero attached hydrogens (tertiary/aromatic N) is 3. The molecule has 31 heavy (non-hydrogen) atoms. The number of aromatic nitrogens is 2. The van der Waals surface area contributed by atoms with Crippen molar-refractivity contribution in [3.05, 3.63) is 36.2 Å². The average molecular weight is 427 g/mol. The molecule has 4 rings (SSSR count). The molecule has 2 aromatic heterocycles. The molecule has 1 aliphatic carbocycles. The van der Waals surface area contributed by atoms with Gasteiger partial charge in [0.05, 0.1) is 37.7 Å². The van der Waals surface area contributed by atoms with E-state index >= 15 is 0 Å². The van der Waals surface area contributed by atoms with Gasteiger partial charge in [0.2, 0.25) is 11.8 Å². The number of aliphatic carboxylic acids is 1. The quantitative estimate of drug-likeness (QED) is 0.628. The molecule has 2 aliphatic rings. The van der Waals surface area contributed by atoms with Crippen molar-refractivity contribution in [3.63, 3.8) is 0 Å². The molecule has 2 aromatic rings. The van der Waals surface area contributed by atoms with E-state index in [9.17, 15) is 9.90 Å². The Morgan fingerprint density at radius 3 is 2.68 bits per heavy atom. The summed E-state index contributed by atoms with van der Waals surface area (Å²) < 4.78 is 11.2. The Morgan fingerprint density at radius 1 is 1.23 bits per heavy atom. The lowest BCUT2D eigenvalue weighted by Crippen LogP contribution is -2.36. The number of ether oxygens (including phenoxy) is 2. The van der Waals surface area contributed by atoms with Gasteiger partial charge in [-0.2, -0.15) is 0 Å². The molecule has 8 nitrogen and oxygen atoms in total. The van der Waals surface area contributed by atoms with Crippen LogP contribution in [-0.2, 0) is 4.79 Å². The standard InChI is InChI=1S/C23H30N4O4/c1-30-21-12-20(19(24)13-26-21)27-8-5-15(6-9-27)14-31-22-10-17(4-7-25-22)18(11-23(28)29)16-2-3-16/h4,7,10,12-13,15-16,18H,2-3,5-6,8-9,11,14,24H2,1H3,(H,28,29). The first kappa shape index (κ1) is 21.2. The summed E-state index contributed by atoms with van der Waals surface area (Å²) in [5, 5.41) is 9.25. The summed E-state index contributed by atoms with van der Waals surface area (Å²) in [4.78, 5) is 22.0. The second-order valence-corrected chi connectivity index (χ2v) is 8.50. The van der Waals surface area contributed by atoms with Crippen LogP contribution in [0.1, 0.15) is 43.6 Å². The highest BCUT2D eigenvalue weighted by molar-refractivity contribution is 5.68. The number of pyridine rings is 2. The van der Waals surface area contributed by atoms with Gasteiger partial charge in [0.15, 0.2) is 0 Å². The molecule has 1 saturated heterocycles. The molecule has 166 valence electrons. The van der Waals surface area contributed by atoms with E-state index in [2.05, 4.69) is 14.9 Å². The van der Waals surface area contributed by atoms with Crippen molar-refractivity contribution in [1.82, 2.24) is 9.97 Å². The Hall–Kier alpha value is -3.03. The molecule has 3 N–H and O–H groups in total. The number of carbonyl (C=O) groups is 1. The normalized spacial score (nSPS) is 17.9. The molecular weight excluding hydrogens is 396 g/mol. The zero-order chi connectivity index (χ0) is 21.8. The predicted octanol–water partition coefficient (Wildman–Crippen LogP) is 3.33. The molecule has 0 aromatic carbocycles. The number of piperidine rings is 1. The van der Waals surface area contributed by atoms with Gasteiger partial charge >= 0.3 is 5.97 Å². The van der Waals surface area contributed by atoms with Crippen LogP contribution in [-0.4, -0.2) is 47.8 Å². The van der Waals surface area contributed by atoms with Gasteiger partial charge in [0.25, 0.3) is 0 Å². The largest absolute Gasteiger partial charge is 0.481 e. The first-order valence-electron chi connectivity index (χ1n) is 10.9. The monoisotopic (exact) mass is 426 g/mol. The molecular formula is C23H30N4O4. The van der Waals surface area contributed by atoms with Gasteiger partial charge in [-0.05, 0) is 55.1 Å². The zero-order valence-corrected chi connectivity index (χ0v) is 17.9.